The summed E-state index contributed by atoms with van der Waals surface area (Å²) in [5.41, 5.74) is 1.79. The fourth-order valence-corrected chi connectivity index (χ4v) is 2.18. The van der Waals surface area contributed by atoms with E-state index in [4.69, 9.17) is 10.00 Å². The van der Waals surface area contributed by atoms with Crippen molar-refractivity contribution in [1.82, 2.24) is 5.32 Å². The number of nitrogens with one attached hydrogen (secondary N) is 2. The second-order valence-corrected chi connectivity index (χ2v) is 5.75. The lowest BCUT2D eigenvalue weighted by Crippen LogP contribution is -2.36. The first-order chi connectivity index (χ1) is 13.0. The Morgan fingerprint density at radius 1 is 1.07 bits per heavy atom. The highest BCUT2D eigenvalue weighted by Gasteiger charge is 2.18. The Morgan fingerprint density at radius 3 is 2.37 bits per heavy atom. The summed E-state index contributed by atoms with van der Waals surface area (Å²) in [6, 6.07) is 17.4. The molecule has 0 aromatic heterocycles. The zero-order valence-corrected chi connectivity index (χ0v) is 14.8. The third-order valence-electron chi connectivity index (χ3n) is 3.60. The summed E-state index contributed by atoms with van der Waals surface area (Å²) >= 11 is 0. The average molecular weight is 365 g/mol. The van der Waals surface area contributed by atoms with Crippen molar-refractivity contribution < 1.29 is 19.1 Å². The van der Waals surface area contributed by atoms with Crippen LogP contribution in [0, 0.1) is 11.3 Å². The summed E-state index contributed by atoms with van der Waals surface area (Å²) < 4.78 is 5.01. The standard InChI is InChI=1S/C20H19N3O4/c1-14(20(26)23-17-9-7-16(12-21)8-10-17)27-19(25)13-22-18(24)11-15-5-3-2-4-6-15/h2-10,14H,11,13H2,1H3,(H,22,24)(H,23,26)/t14-/m1/s1. The van der Waals surface area contributed by atoms with Crippen molar-refractivity contribution in [3.05, 3.63) is 65.7 Å². The van der Waals surface area contributed by atoms with Gasteiger partial charge in [-0.05, 0) is 36.8 Å². The molecular formula is C20H19N3O4. The first kappa shape index (κ1) is 19.7. The Labute approximate surface area is 156 Å². The van der Waals surface area contributed by atoms with Gasteiger partial charge in [-0.25, -0.2) is 0 Å². The molecule has 0 radical (unpaired) electrons. The zero-order chi connectivity index (χ0) is 19.6. The van der Waals surface area contributed by atoms with Crippen molar-refractivity contribution in [3.63, 3.8) is 0 Å². The molecule has 138 valence electrons. The van der Waals surface area contributed by atoms with Gasteiger partial charge >= 0.3 is 5.97 Å². The number of nitrogens with zero attached hydrogens (tertiary/aromatic N) is 1. The summed E-state index contributed by atoms with van der Waals surface area (Å²) in [5, 5.41) is 13.8. The van der Waals surface area contributed by atoms with Crippen LogP contribution in [0.4, 0.5) is 5.69 Å². The molecule has 7 nitrogen and oxygen atoms in total. The fourth-order valence-electron chi connectivity index (χ4n) is 2.18. The number of rotatable bonds is 7. The number of anilines is 1. The minimum atomic E-state index is -1.03. The van der Waals surface area contributed by atoms with E-state index in [2.05, 4.69) is 10.6 Å². The molecule has 7 heteroatoms. The highest BCUT2D eigenvalue weighted by molar-refractivity contribution is 5.95. The zero-order valence-electron chi connectivity index (χ0n) is 14.8. The molecule has 0 heterocycles. The molecule has 2 rings (SSSR count). The molecule has 2 amide bonds. The van der Waals surface area contributed by atoms with Gasteiger partial charge in [-0.1, -0.05) is 30.3 Å². The van der Waals surface area contributed by atoms with Gasteiger partial charge in [0.15, 0.2) is 6.10 Å². The fraction of sp³-hybridized carbons (Fsp3) is 0.200. The van der Waals surface area contributed by atoms with Gasteiger partial charge in [-0.2, -0.15) is 5.26 Å². The van der Waals surface area contributed by atoms with Crippen LogP contribution in [0.15, 0.2) is 54.6 Å². The Kier molecular flexibility index (Phi) is 7.08. The monoisotopic (exact) mass is 365 g/mol. The van der Waals surface area contributed by atoms with E-state index in [9.17, 15) is 14.4 Å². The van der Waals surface area contributed by atoms with Crippen LogP contribution >= 0.6 is 0 Å². The molecule has 27 heavy (non-hydrogen) atoms. The summed E-state index contributed by atoms with van der Waals surface area (Å²) in [7, 11) is 0. The van der Waals surface area contributed by atoms with E-state index >= 15 is 0 Å². The second kappa shape index (κ2) is 9.73. The number of hydrogen-bond acceptors (Lipinski definition) is 5. The number of esters is 1. The van der Waals surface area contributed by atoms with Crippen LogP contribution in [0.3, 0.4) is 0 Å². The molecule has 0 aliphatic rings. The van der Waals surface area contributed by atoms with E-state index in [0.717, 1.165) is 5.56 Å². The first-order valence-electron chi connectivity index (χ1n) is 8.29. The average Bonchev–Trinajstić information content (AvgIpc) is 2.67. The Balaban J connectivity index is 1.74. The third kappa shape index (κ3) is 6.63. The lowest BCUT2D eigenvalue weighted by atomic mass is 10.1. The Bertz CT molecular complexity index is 842. The number of hydrogen-bond donors (Lipinski definition) is 2. The molecule has 0 bridgehead atoms. The molecule has 0 saturated heterocycles. The van der Waals surface area contributed by atoms with Crippen LogP contribution in [0.25, 0.3) is 0 Å². The van der Waals surface area contributed by atoms with Gasteiger partial charge in [0.25, 0.3) is 5.91 Å². The number of nitriles is 1. The van der Waals surface area contributed by atoms with Crippen molar-refractivity contribution in [2.24, 2.45) is 0 Å². The van der Waals surface area contributed by atoms with Crippen LogP contribution < -0.4 is 10.6 Å². The lowest BCUT2D eigenvalue weighted by Gasteiger charge is -2.14. The Morgan fingerprint density at radius 2 is 1.74 bits per heavy atom. The van der Waals surface area contributed by atoms with Gasteiger partial charge < -0.3 is 15.4 Å². The maximum atomic E-state index is 12.0. The molecule has 0 spiro atoms. The maximum Gasteiger partial charge on any atom is 0.326 e. The number of amides is 2. The molecule has 0 saturated carbocycles. The summed E-state index contributed by atoms with van der Waals surface area (Å²) in [5.74, 6) is -1.53. The molecule has 1 atom stereocenters. The van der Waals surface area contributed by atoms with Gasteiger partial charge in [0.05, 0.1) is 18.1 Å². The highest BCUT2D eigenvalue weighted by atomic mass is 16.5. The van der Waals surface area contributed by atoms with Crippen LogP contribution in [0.5, 0.6) is 0 Å². The van der Waals surface area contributed by atoms with Crippen LogP contribution in [0.2, 0.25) is 0 Å². The Hall–Kier alpha value is -3.66. The van der Waals surface area contributed by atoms with E-state index in [1.54, 1.807) is 24.3 Å². The predicted octanol–water partition coefficient (Wildman–Crippen LogP) is 1.79. The lowest BCUT2D eigenvalue weighted by molar-refractivity contribution is -0.152. The van der Waals surface area contributed by atoms with E-state index in [1.165, 1.54) is 6.92 Å². The van der Waals surface area contributed by atoms with Gasteiger partial charge in [-0.15, -0.1) is 0 Å². The predicted molar refractivity (Wildman–Crippen MR) is 98.5 cm³/mol. The van der Waals surface area contributed by atoms with Crippen molar-refractivity contribution in [2.45, 2.75) is 19.4 Å². The van der Waals surface area contributed by atoms with Gasteiger partial charge in [0, 0.05) is 5.69 Å². The number of carbonyl (C=O) groups excluding carboxylic acids is 3. The summed E-state index contributed by atoms with van der Waals surface area (Å²) in [6.07, 6.45) is -0.873. The first-order valence-corrected chi connectivity index (χ1v) is 8.29. The normalized spacial score (nSPS) is 11.0. The summed E-state index contributed by atoms with van der Waals surface area (Å²) in [4.78, 5) is 35.6. The van der Waals surface area contributed by atoms with Gasteiger partial charge in [-0.3, -0.25) is 14.4 Å². The maximum absolute atomic E-state index is 12.0. The van der Waals surface area contributed by atoms with Gasteiger partial charge in [0.1, 0.15) is 6.54 Å². The topological polar surface area (TPSA) is 108 Å². The van der Waals surface area contributed by atoms with E-state index in [1.807, 2.05) is 36.4 Å². The molecule has 2 aromatic rings. The molecule has 2 N–H and O–H groups in total. The molecule has 0 aliphatic carbocycles. The minimum Gasteiger partial charge on any atom is -0.451 e. The van der Waals surface area contributed by atoms with Crippen LogP contribution in [-0.2, 0) is 25.5 Å². The van der Waals surface area contributed by atoms with Crippen molar-refractivity contribution in [2.75, 3.05) is 11.9 Å². The van der Waals surface area contributed by atoms with E-state index < -0.39 is 18.0 Å². The van der Waals surface area contributed by atoms with Crippen molar-refractivity contribution in [3.8, 4) is 6.07 Å². The van der Waals surface area contributed by atoms with Gasteiger partial charge in [0.2, 0.25) is 5.91 Å². The van der Waals surface area contributed by atoms with E-state index in [0.29, 0.717) is 11.3 Å². The van der Waals surface area contributed by atoms with Crippen LogP contribution in [0.1, 0.15) is 18.1 Å². The minimum absolute atomic E-state index is 0.156. The van der Waals surface area contributed by atoms with Crippen LogP contribution in [-0.4, -0.2) is 30.4 Å². The van der Waals surface area contributed by atoms with Crippen molar-refractivity contribution >= 4 is 23.5 Å². The number of ether oxygens (including phenoxy) is 1. The molecule has 0 aliphatic heterocycles. The summed E-state index contributed by atoms with van der Waals surface area (Å²) in [6.45, 7) is 1.11. The molecule has 0 fully saturated rings. The molecular weight excluding hydrogens is 346 g/mol. The largest absolute Gasteiger partial charge is 0.451 e. The smallest absolute Gasteiger partial charge is 0.326 e. The highest BCUT2D eigenvalue weighted by Crippen LogP contribution is 2.09. The quantitative estimate of drug-likeness (QED) is 0.727. The third-order valence-corrected chi connectivity index (χ3v) is 3.60. The second-order valence-electron chi connectivity index (χ2n) is 5.75. The number of benzene rings is 2. The van der Waals surface area contributed by atoms with Crippen molar-refractivity contribution in [1.29, 1.82) is 5.26 Å². The molecule has 2 aromatic carbocycles. The van der Waals surface area contributed by atoms with E-state index in [-0.39, 0.29) is 18.9 Å². The molecule has 0 unspecified atom stereocenters. The SMILES string of the molecule is C[C@@H](OC(=O)CNC(=O)Cc1ccccc1)C(=O)Nc1ccc(C#N)cc1. The number of carbonyl (C=O) groups is 3.